The number of urea groups is 1. The van der Waals surface area contributed by atoms with Gasteiger partial charge in [0, 0.05) is 51.2 Å². The molecule has 5 heteroatoms. The van der Waals surface area contributed by atoms with Gasteiger partial charge in [0.05, 0.1) is 0 Å². The Kier molecular flexibility index (Phi) is 3.15. The average Bonchev–Trinajstić information content (AvgIpc) is 2.43. The van der Waals surface area contributed by atoms with Gasteiger partial charge in [-0.3, -0.25) is 4.98 Å². The van der Waals surface area contributed by atoms with E-state index in [1.165, 1.54) is 0 Å². The first kappa shape index (κ1) is 11.5. The number of aromatic nitrogens is 1. The lowest BCUT2D eigenvalue weighted by Gasteiger charge is -2.44. The Morgan fingerprint density at radius 3 is 3.00 bits per heavy atom. The quantitative estimate of drug-likeness (QED) is 0.835. The Morgan fingerprint density at radius 2 is 2.17 bits per heavy atom. The third-order valence-corrected chi connectivity index (χ3v) is 3.72. The molecule has 0 spiro atoms. The molecule has 96 valence electrons. The molecule has 1 N–H and O–H groups in total. The second-order valence-electron chi connectivity index (χ2n) is 4.90. The molecule has 1 unspecified atom stereocenters. The van der Waals surface area contributed by atoms with E-state index in [0.717, 1.165) is 38.2 Å². The van der Waals surface area contributed by atoms with Gasteiger partial charge in [0.25, 0.3) is 0 Å². The number of carbonyl (C=O) groups excluding carboxylic acids is 1. The number of pyridine rings is 1. The van der Waals surface area contributed by atoms with E-state index in [2.05, 4.69) is 10.3 Å². The van der Waals surface area contributed by atoms with Gasteiger partial charge in [0.2, 0.25) is 0 Å². The fraction of sp³-hybridized carbons (Fsp3) is 0.538. The summed E-state index contributed by atoms with van der Waals surface area (Å²) in [5.41, 5.74) is 1.15. The molecule has 0 bridgehead atoms. The second kappa shape index (κ2) is 4.94. The summed E-state index contributed by atoms with van der Waals surface area (Å²) < 4.78 is 0. The number of hydrogen-bond donors (Lipinski definition) is 1. The zero-order chi connectivity index (χ0) is 12.4. The van der Waals surface area contributed by atoms with Crippen molar-refractivity contribution >= 4 is 6.03 Å². The third-order valence-electron chi connectivity index (χ3n) is 3.72. The van der Waals surface area contributed by atoms with Crippen LogP contribution in [-0.2, 0) is 6.54 Å². The first-order valence-electron chi connectivity index (χ1n) is 6.50. The lowest BCUT2D eigenvalue weighted by molar-refractivity contribution is 0.0831. The summed E-state index contributed by atoms with van der Waals surface area (Å²) in [7, 11) is 0. The molecule has 2 fully saturated rings. The number of rotatable bonds is 2. The molecule has 18 heavy (non-hydrogen) atoms. The van der Waals surface area contributed by atoms with Gasteiger partial charge < -0.3 is 15.1 Å². The molecule has 1 atom stereocenters. The first-order valence-corrected chi connectivity index (χ1v) is 6.50. The third kappa shape index (κ3) is 2.18. The summed E-state index contributed by atoms with van der Waals surface area (Å²) in [5.74, 6) is 0. The topological polar surface area (TPSA) is 48.5 Å². The molecular formula is C13H18N4O. The predicted molar refractivity (Wildman–Crippen MR) is 68.0 cm³/mol. The Hall–Kier alpha value is -1.62. The molecule has 2 aliphatic heterocycles. The fourth-order valence-corrected chi connectivity index (χ4v) is 2.71. The van der Waals surface area contributed by atoms with Gasteiger partial charge in [-0.15, -0.1) is 0 Å². The SMILES string of the molecule is O=C1N(Cc2ccncc2)CCC2CNCCN12. The van der Waals surface area contributed by atoms with Crippen LogP contribution < -0.4 is 5.32 Å². The fourth-order valence-electron chi connectivity index (χ4n) is 2.71. The van der Waals surface area contributed by atoms with Crippen molar-refractivity contribution in [1.82, 2.24) is 20.1 Å². The van der Waals surface area contributed by atoms with Crippen molar-refractivity contribution in [1.29, 1.82) is 0 Å². The van der Waals surface area contributed by atoms with Gasteiger partial charge in [0.15, 0.2) is 0 Å². The monoisotopic (exact) mass is 246 g/mol. The van der Waals surface area contributed by atoms with Crippen LogP contribution >= 0.6 is 0 Å². The number of nitrogens with one attached hydrogen (secondary N) is 1. The summed E-state index contributed by atoms with van der Waals surface area (Å²) >= 11 is 0. The molecule has 3 rings (SSSR count). The summed E-state index contributed by atoms with van der Waals surface area (Å²) in [4.78, 5) is 20.3. The van der Waals surface area contributed by atoms with Gasteiger partial charge in [-0.2, -0.15) is 0 Å². The maximum atomic E-state index is 12.4. The number of amides is 2. The van der Waals surface area contributed by atoms with Crippen LogP contribution in [-0.4, -0.2) is 53.0 Å². The van der Waals surface area contributed by atoms with Crippen molar-refractivity contribution in [2.75, 3.05) is 26.2 Å². The lowest BCUT2D eigenvalue weighted by atomic mass is 10.1. The van der Waals surface area contributed by atoms with Crippen molar-refractivity contribution in [2.45, 2.75) is 19.0 Å². The standard InChI is InChI=1S/C13H18N4O/c18-13-16(10-11-1-4-14-5-2-11)7-3-12-9-15-6-8-17(12)13/h1-2,4-5,12,15H,3,6-10H2. The molecule has 0 saturated carbocycles. The molecule has 0 aliphatic carbocycles. The highest BCUT2D eigenvalue weighted by Gasteiger charge is 2.34. The number of fused-ring (bicyclic) bond motifs is 1. The molecule has 2 amide bonds. The van der Waals surface area contributed by atoms with E-state index >= 15 is 0 Å². The number of nitrogens with zero attached hydrogens (tertiary/aromatic N) is 3. The van der Waals surface area contributed by atoms with Crippen molar-refractivity contribution in [3.8, 4) is 0 Å². The average molecular weight is 246 g/mol. The molecule has 5 nitrogen and oxygen atoms in total. The molecule has 1 aromatic rings. The number of hydrogen-bond acceptors (Lipinski definition) is 3. The van der Waals surface area contributed by atoms with Crippen molar-refractivity contribution in [2.24, 2.45) is 0 Å². The van der Waals surface area contributed by atoms with E-state index in [1.54, 1.807) is 12.4 Å². The number of carbonyl (C=O) groups is 1. The zero-order valence-electron chi connectivity index (χ0n) is 10.4. The van der Waals surface area contributed by atoms with Crippen molar-refractivity contribution in [3.63, 3.8) is 0 Å². The summed E-state index contributed by atoms with van der Waals surface area (Å²) in [6.45, 7) is 4.22. The largest absolute Gasteiger partial charge is 0.320 e. The minimum absolute atomic E-state index is 0.185. The molecule has 0 aromatic carbocycles. The van der Waals surface area contributed by atoms with E-state index in [1.807, 2.05) is 21.9 Å². The molecule has 3 heterocycles. The van der Waals surface area contributed by atoms with Crippen LogP contribution in [0.15, 0.2) is 24.5 Å². The minimum atomic E-state index is 0.185. The second-order valence-corrected chi connectivity index (χ2v) is 4.90. The van der Waals surface area contributed by atoms with Crippen molar-refractivity contribution in [3.05, 3.63) is 30.1 Å². The number of piperazine rings is 1. The van der Waals surface area contributed by atoms with Gasteiger partial charge in [-0.25, -0.2) is 4.79 Å². The van der Waals surface area contributed by atoms with Crippen LogP contribution in [0.3, 0.4) is 0 Å². The van der Waals surface area contributed by atoms with E-state index in [9.17, 15) is 4.79 Å². The summed E-state index contributed by atoms with van der Waals surface area (Å²) in [6, 6.07) is 4.51. The van der Waals surface area contributed by atoms with Gasteiger partial charge in [-0.05, 0) is 24.1 Å². The Balaban J connectivity index is 1.69. The Bertz CT molecular complexity index is 422. The highest BCUT2D eigenvalue weighted by atomic mass is 16.2. The molecule has 1 aromatic heterocycles. The van der Waals surface area contributed by atoms with Crippen LogP contribution in [0.4, 0.5) is 4.79 Å². The van der Waals surface area contributed by atoms with E-state index in [0.29, 0.717) is 12.6 Å². The van der Waals surface area contributed by atoms with Crippen LogP contribution in [0.1, 0.15) is 12.0 Å². The van der Waals surface area contributed by atoms with E-state index in [-0.39, 0.29) is 6.03 Å². The van der Waals surface area contributed by atoms with Crippen LogP contribution in [0.25, 0.3) is 0 Å². The first-order chi connectivity index (χ1) is 8.84. The highest BCUT2D eigenvalue weighted by molar-refractivity contribution is 5.75. The highest BCUT2D eigenvalue weighted by Crippen LogP contribution is 2.19. The van der Waals surface area contributed by atoms with E-state index < -0.39 is 0 Å². The predicted octanol–water partition coefficient (Wildman–Crippen LogP) is 0.681. The van der Waals surface area contributed by atoms with Gasteiger partial charge >= 0.3 is 6.03 Å². The molecule has 0 radical (unpaired) electrons. The summed E-state index contributed by atoms with van der Waals surface area (Å²) in [5, 5.41) is 3.35. The molecular weight excluding hydrogens is 228 g/mol. The molecule has 2 saturated heterocycles. The van der Waals surface area contributed by atoms with Gasteiger partial charge in [-0.1, -0.05) is 0 Å². The smallest absolute Gasteiger partial charge is 0.320 e. The van der Waals surface area contributed by atoms with Gasteiger partial charge in [0.1, 0.15) is 0 Å². The zero-order valence-corrected chi connectivity index (χ0v) is 10.4. The van der Waals surface area contributed by atoms with Crippen LogP contribution in [0.2, 0.25) is 0 Å². The maximum absolute atomic E-state index is 12.4. The molecule has 2 aliphatic rings. The Labute approximate surface area is 107 Å². The van der Waals surface area contributed by atoms with E-state index in [4.69, 9.17) is 0 Å². The lowest BCUT2D eigenvalue weighted by Crippen LogP contribution is -2.61. The normalized spacial score (nSPS) is 24.0. The minimum Gasteiger partial charge on any atom is -0.320 e. The Morgan fingerprint density at radius 1 is 1.33 bits per heavy atom. The summed E-state index contributed by atoms with van der Waals surface area (Å²) in [6.07, 6.45) is 4.61. The maximum Gasteiger partial charge on any atom is 0.320 e. The van der Waals surface area contributed by atoms with Crippen LogP contribution in [0, 0.1) is 0 Å². The van der Waals surface area contributed by atoms with Crippen LogP contribution in [0.5, 0.6) is 0 Å². The van der Waals surface area contributed by atoms with Crippen molar-refractivity contribution < 1.29 is 4.79 Å².